The maximum Gasteiger partial charge on any atom is 0.150 e. The van der Waals surface area contributed by atoms with Gasteiger partial charge in [-0.2, -0.15) is 11.8 Å². The van der Waals surface area contributed by atoms with Gasteiger partial charge in [-0.15, -0.1) is 0 Å². The van der Waals surface area contributed by atoms with Crippen LogP contribution in [0.4, 0.5) is 0 Å². The number of ketones is 1. The van der Waals surface area contributed by atoms with Crippen LogP contribution in [0.15, 0.2) is 0 Å². The minimum atomic E-state index is 0.149. The smallest absolute Gasteiger partial charge is 0.150 e. The van der Waals surface area contributed by atoms with Crippen molar-refractivity contribution >= 4 is 17.5 Å². The van der Waals surface area contributed by atoms with Gasteiger partial charge in [0.1, 0.15) is 0 Å². The van der Waals surface area contributed by atoms with Crippen molar-refractivity contribution in [3.63, 3.8) is 0 Å². The summed E-state index contributed by atoms with van der Waals surface area (Å²) in [6.45, 7) is 3.16. The lowest BCUT2D eigenvalue weighted by molar-refractivity contribution is -0.120. The molecule has 1 N–H and O–H groups in total. The van der Waals surface area contributed by atoms with Crippen LogP contribution < -0.4 is 5.32 Å². The van der Waals surface area contributed by atoms with Gasteiger partial charge in [-0.05, 0) is 6.42 Å². The highest BCUT2D eigenvalue weighted by atomic mass is 32.2. The summed E-state index contributed by atoms with van der Waals surface area (Å²) < 4.78 is 0. The van der Waals surface area contributed by atoms with Gasteiger partial charge in [0.15, 0.2) is 5.78 Å². The zero-order chi connectivity index (χ0) is 9.52. The largest absolute Gasteiger partial charge is 0.306 e. The average Bonchev–Trinajstić information content (AvgIpc) is 2.19. The molecule has 1 aliphatic heterocycles. The standard InChI is InChI=1S/C10H19NOS/c1-2-3-4-5-10(12)9-8-13-7-6-11-9/h9,11H,2-8H2,1H3. The summed E-state index contributed by atoms with van der Waals surface area (Å²) in [6, 6.07) is 0.149. The summed E-state index contributed by atoms with van der Waals surface area (Å²) in [5.74, 6) is 2.55. The normalized spacial score (nSPS) is 23.0. The lowest BCUT2D eigenvalue weighted by atomic mass is 10.1. The summed E-state index contributed by atoms with van der Waals surface area (Å²) in [5, 5.41) is 3.28. The van der Waals surface area contributed by atoms with Crippen LogP contribution in [0, 0.1) is 0 Å². The number of Topliss-reactive ketones (excluding diaryl/α,β-unsaturated/α-hetero) is 1. The third kappa shape index (κ3) is 4.14. The zero-order valence-corrected chi connectivity index (χ0v) is 9.16. The fraction of sp³-hybridized carbons (Fsp3) is 0.900. The molecule has 0 radical (unpaired) electrons. The quantitative estimate of drug-likeness (QED) is 0.688. The van der Waals surface area contributed by atoms with Gasteiger partial charge in [0, 0.05) is 24.5 Å². The van der Waals surface area contributed by atoms with E-state index in [1.807, 2.05) is 11.8 Å². The van der Waals surface area contributed by atoms with Crippen LogP contribution in [0.25, 0.3) is 0 Å². The third-order valence-corrected chi connectivity index (χ3v) is 3.40. The maximum absolute atomic E-state index is 11.6. The van der Waals surface area contributed by atoms with Crippen LogP contribution >= 0.6 is 11.8 Å². The average molecular weight is 201 g/mol. The second-order valence-corrected chi connectivity index (χ2v) is 4.65. The minimum Gasteiger partial charge on any atom is -0.306 e. The molecule has 76 valence electrons. The molecule has 0 aromatic carbocycles. The molecule has 2 nitrogen and oxygen atoms in total. The Balaban J connectivity index is 2.13. The molecule has 0 amide bonds. The summed E-state index contributed by atoms with van der Waals surface area (Å²) >= 11 is 1.89. The van der Waals surface area contributed by atoms with Crippen molar-refractivity contribution < 1.29 is 4.79 Å². The van der Waals surface area contributed by atoms with E-state index in [9.17, 15) is 4.79 Å². The zero-order valence-electron chi connectivity index (χ0n) is 8.34. The second-order valence-electron chi connectivity index (χ2n) is 3.51. The van der Waals surface area contributed by atoms with Crippen LogP contribution in [0.1, 0.15) is 32.6 Å². The van der Waals surface area contributed by atoms with Crippen molar-refractivity contribution in [1.82, 2.24) is 5.32 Å². The number of rotatable bonds is 5. The lowest BCUT2D eigenvalue weighted by Crippen LogP contribution is -2.43. The molecule has 1 atom stereocenters. The van der Waals surface area contributed by atoms with Gasteiger partial charge < -0.3 is 5.32 Å². The first-order valence-corrected chi connectivity index (χ1v) is 6.34. The molecule has 0 aromatic heterocycles. The van der Waals surface area contributed by atoms with Gasteiger partial charge in [-0.25, -0.2) is 0 Å². The molecule has 1 aliphatic rings. The molecular weight excluding hydrogens is 182 g/mol. The van der Waals surface area contributed by atoms with Crippen molar-refractivity contribution in [2.24, 2.45) is 0 Å². The Bertz CT molecular complexity index is 155. The van der Waals surface area contributed by atoms with Crippen LogP contribution in [0.2, 0.25) is 0 Å². The number of thioether (sulfide) groups is 1. The molecule has 0 aliphatic carbocycles. The van der Waals surface area contributed by atoms with Gasteiger partial charge in [0.05, 0.1) is 6.04 Å². The Morgan fingerprint density at radius 3 is 3.00 bits per heavy atom. The third-order valence-electron chi connectivity index (χ3n) is 2.34. The van der Waals surface area contributed by atoms with Crippen molar-refractivity contribution in [3.8, 4) is 0 Å². The number of unbranched alkanes of at least 4 members (excludes halogenated alkanes) is 2. The lowest BCUT2D eigenvalue weighted by Gasteiger charge is -2.21. The van der Waals surface area contributed by atoms with Crippen molar-refractivity contribution in [2.75, 3.05) is 18.1 Å². The Hall–Kier alpha value is -0.0200. The van der Waals surface area contributed by atoms with Crippen LogP contribution in [-0.4, -0.2) is 29.9 Å². The van der Waals surface area contributed by atoms with Crippen molar-refractivity contribution in [2.45, 2.75) is 38.6 Å². The summed E-state index contributed by atoms with van der Waals surface area (Å²) in [5.41, 5.74) is 0. The SMILES string of the molecule is CCCCCC(=O)C1CSCCN1. The number of carbonyl (C=O) groups is 1. The van der Waals surface area contributed by atoms with E-state index < -0.39 is 0 Å². The Kier molecular flexibility index (Phi) is 5.47. The topological polar surface area (TPSA) is 29.1 Å². The molecule has 0 saturated carbocycles. The molecule has 0 bridgehead atoms. The predicted octanol–water partition coefficient (Wildman–Crippen LogP) is 1.84. The van der Waals surface area contributed by atoms with E-state index in [0.717, 1.165) is 30.9 Å². The number of carbonyl (C=O) groups excluding carboxylic acids is 1. The van der Waals surface area contributed by atoms with Gasteiger partial charge in [0.25, 0.3) is 0 Å². The highest BCUT2D eigenvalue weighted by molar-refractivity contribution is 7.99. The van der Waals surface area contributed by atoms with Crippen molar-refractivity contribution in [1.29, 1.82) is 0 Å². The molecule has 1 unspecified atom stereocenters. The van der Waals surface area contributed by atoms with E-state index in [2.05, 4.69) is 12.2 Å². The fourth-order valence-electron chi connectivity index (χ4n) is 1.50. The Morgan fingerprint density at radius 1 is 1.54 bits per heavy atom. The van der Waals surface area contributed by atoms with E-state index in [4.69, 9.17) is 0 Å². The monoisotopic (exact) mass is 201 g/mol. The van der Waals surface area contributed by atoms with Crippen LogP contribution in [0.5, 0.6) is 0 Å². The maximum atomic E-state index is 11.6. The van der Waals surface area contributed by atoms with Crippen molar-refractivity contribution in [3.05, 3.63) is 0 Å². The number of hydrogen-bond donors (Lipinski definition) is 1. The van der Waals surface area contributed by atoms with Gasteiger partial charge in [0.2, 0.25) is 0 Å². The van der Waals surface area contributed by atoms with Gasteiger partial charge in [-0.3, -0.25) is 4.79 Å². The number of nitrogens with one attached hydrogen (secondary N) is 1. The van der Waals surface area contributed by atoms with Crippen LogP contribution in [0.3, 0.4) is 0 Å². The first-order valence-electron chi connectivity index (χ1n) is 5.18. The molecule has 0 aromatic rings. The second kappa shape index (κ2) is 6.44. The molecular formula is C10H19NOS. The van der Waals surface area contributed by atoms with Gasteiger partial charge >= 0.3 is 0 Å². The van der Waals surface area contributed by atoms with E-state index in [1.54, 1.807) is 0 Å². The van der Waals surface area contributed by atoms with E-state index in [-0.39, 0.29) is 6.04 Å². The van der Waals surface area contributed by atoms with Crippen LogP contribution in [-0.2, 0) is 4.79 Å². The summed E-state index contributed by atoms with van der Waals surface area (Å²) in [4.78, 5) is 11.6. The molecule has 3 heteroatoms. The Morgan fingerprint density at radius 2 is 2.38 bits per heavy atom. The highest BCUT2D eigenvalue weighted by Crippen LogP contribution is 2.11. The summed E-state index contributed by atoms with van der Waals surface area (Å²) in [7, 11) is 0. The molecule has 1 heterocycles. The first kappa shape index (κ1) is 11.1. The molecule has 1 fully saturated rings. The molecule has 1 saturated heterocycles. The summed E-state index contributed by atoms with van der Waals surface area (Å²) in [6.07, 6.45) is 4.22. The molecule has 0 spiro atoms. The highest BCUT2D eigenvalue weighted by Gasteiger charge is 2.19. The van der Waals surface area contributed by atoms with E-state index >= 15 is 0 Å². The Labute approximate surface area is 84.9 Å². The van der Waals surface area contributed by atoms with E-state index in [0.29, 0.717) is 5.78 Å². The predicted molar refractivity (Wildman–Crippen MR) is 58.3 cm³/mol. The van der Waals surface area contributed by atoms with Gasteiger partial charge in [-0.1, -0.05) is 19.8 Å². The first-order chi connectivity index (χ1) is 6.34. The fourth-order valence-corrected chi connectivity index (χ4v) is 2.46. The minimum absolute atomic E-state index is 0.149. The van der Waals surface area contributed by atoms with E-state index in [1.165, 1.54) is 12.8 Å². The molecule has 1 rings (SSSR count). The number of hydrogen-bond acceptors (Lipinski definition) is 3. The molecule has 13 heavy (non-hydrogen) atoms.